The molecule has 0 heterocycles. The zero-order valence-electron chi connectivity index (χ0n) is 40.2. The van der Waals surface area contributed by atoms with Crippen LogP contribution < -0.4 is 5.32 Å². The third-order valence-corrected chi connectivity index (χ3v) is 12.3. The SMILES string of the molecule is CCCCCCC/C=C\C/C=C\CCCCCCCCCCCC(=O)NC(COP(=O)(O)OCC[N+](C)(C)C)C(O)/C=C/CCCCCCCCCCCCCCCCC. The quantitative estimate of drug-likeness (QED) is 0.0244. The first-order chi connectivity index (χ1) is 29.0. The molecule has 0 aromatic carbocycles. The molecule has 0 fully saturated rings. The van der Waals surface area contributed by atoms with Crippen LogP contribution in [-0.4, -0.2) is 73.4 Å². The molecule has 0 aliphatic carbocycles. The number of phosphoric acid groups is 1. The number of quaternary nitrogens is 1. The van der Waals surface area contributed by atoms with Gasteiger partial charge in [-0.1, -0.05) is 211 Å². The van der Waals surface area contributed by atoms with Crippen LogP contribution in [0, 0.1) is 0 Å². The van der Waals surface area contributed by atoms with Crippen LogP contribution in [0.3, 0.4) is 0 Å². The Morgan fingerprint density at radius 3 is 1.37 bits per heavy atom. The summed E-state index contributed by atoms with van der Waals surface area (Å²) in [6, 6.07) is -0.848. The van der Waals surface area contributed by atoms with Crippen LogP contribution in [0.15, 0.2) is 36.5 Å². The topological polar surface area (TPSA) is 105 Å². The van der Waals surface area contributed by atoms with Gasteiger partial charge < -0.3 is 19.8 Å². The zero-order chi connectivity index (χ0) is 44.3. The van der Waals surface area contributed by atoms with Crippen LogP contribution >= 0.6 is 7.82 Å². The number of aliphatic hydroxyl groups excluding tert-OH is 1. The van der Waals surface area contributed by atoms with Gasteiger partial charge in [-0.15, -0.1) is 0 Å². The molecule has 8 nitrogen and oxygen atoms in total. The fourth-order valence-corrected chi connectivity index (χ4v) is 8.04. The monoisotopic (exact) mass is 868 g/mol. The van der Waals surface area contributed by atoms with Gasteiger partial charge in [-0.2, -0.15) is 0 Å². The van der Waals surface area contributed by atoms with Gasteiger partial charge >= 0.3 is 7.82 Å². The van der Waals surface area contributed by atoms with Gasteiger partial charge in [-0.3, -0.25) is 13.8 Å². The van der Waals surface area contributed by atoms with Gasteiger partial charge in [0.05, 0.1) is 39.9 Å². The van der Waals surface area contributed by atoms with E-state index in [1.54, 1.807) is 6.08 Å². The fraction of sp³-hybridized carbons (Fsp3) is 0.863. The van der Waals surface area contributed by atoms with Crippen molar-refractivity contribution in [1.82, 2.24) is 5.32 Å². The molecule has 0 saturated heterocycles. The normalized spacial score (nSPS) is 14.4. The maximum Gasteiger partial charge on any atom is 0.472 e. The number of carbonyl (C=O) groups is 1. The second kappa shape index (κ2) is 43.0. The molecule has 0 aromatic rings. The molecule has 354 valence electrons. The number of phosphoric ester groups is 1. The summed E-state index contributed by atoms with van der Waals surface area (Å²) < 4.78 is 23.6. The lowest BCUT2D eigenvalue weighted by Gasteiger charge is -2.25. The Morgan fingerprint density at radius 1 is 0.567 bits per heavy atom. The highest BCUT2D eigenvalue weighted by molar-refractivity contribution is 7.47. The Morgan fingerprint density at radius 2 is 0.950 bits per heavy atom. The van der Waals surface area contributed by atoms with E-state index in [0.717, 1.165) is 44.9 Å². The van der Waals surface area contributed by atoms with Crippen molar-refractivity contribution in [2.24, 2.45) is 0 Å². The summed E-state index contributed by atoms with van der Waals surface area (Å²) in [6.07, 6.45) is 53.6. The first kappa shape index (κ1) is 58.7. The lowest BCUT2D eigenvalue weighted by atomic mass is 10.0. The first-order valence-corrected chi connectivity index (χ1v) is 26.9. The minimum Gasteiger partial charge on any atom is -0.387 e. The van der Waals surface area contributed by atoms with Gasteiger partial charge in [0.2, 0.25) is 5.91 Å². The number of likely N-dealkylation sites (N-methyl/N-ethyl adjacent to an activating group) is 1. The summed E-state index contributed by atoms with van der Waals surface area (Å²) in [7, 11) is 1.57. The van der Waals surface area contributed by atoms with E-state index in [2.05, 4.69) is 43.5 Å². The molecule has 3 N–H and O–H groups in total. The molecular weight excluding hydrogens is 768 g/mol. The number of unbranched alkanes of at least 4 members (excludes halogenated alkanes) is 29. The molecule has 0 aromatic heterocycles. The first-order valence-electron chi connectivity index (χ1n) is 25.4. The Hall–Kier alpha value is -1.28. The van der Waals surface area contributed by atoms with Crippen molar-refractivity contribution >= 4 is 13.7 Å². The molecule has 3 atom stereocenters. The van der Waals surface area contributed by atoms with Gasteiger partial charge in [-0.25, -0.2) is 4.57 Å². The highest BCUT2D eigenvalue weighted by Gasteiger charge is 2.27. The van der Waals surface area contributed by atoms with Gasteiger partial charge in [0.15, 0.2) is 0 Å². The summed E-state index contributed by atoms with van der Waals surface area (Å²) in [5.41, 5.74) is 0. The molecule has 0 radical (unpaired) electrons. The number of nitrogens with zero attached hydrogens (tertiary/aromatic N) is 1. The third kappa shape index (κ3) is 44.8. The van der Waals surface area contributed by atoms with Crippen LogP contribution in [0.25, 0.3) is 0 Å². The Labute approximate surface area is 372 Å². The van der Waals surface area contributed by atoms with Gasteiger partial charge in [0, 0.05) is 6.42 Å². The third-order valence-electron chi connectivity index (χ3n) is 11.4. The predicted molar refractivity (Wildman–Crippen MR) is 258 cm³/mol. The molecule has 9 heteroatoms. The number of aliphatic hydroxyl groups is 1. The molecule has 1 amide bonds. The Kier molecular flexibility index (Phi) is 42.1. The molecule has 0 bridgehead atoms. The summed E-state index contributed by atoms with van der Waals surface area (Å²) in [6.45, 7) is 4.82. The molecule has 0 rings (SSSR count). The molecule has 0 aliphatic heterocycles. The molecule has 0 spiro atoms. The van der Waals surface area contributed by atoms with Crippen LogP contribution in [0.2, 0.25) is 0 Å². The Balaban J connectivity index is 4.32. The minimum absolute atomic E-state index is 0.0608. The average Bonchev–Trinajstić information content (AvgIpc) is 3.20. The van der Waals surface area contributed by atoms with Crippen molar-refractivity contribution in [3.8, 4) is 0 Å². The van der Waals surface area contributed by atoms with Crippen LogP contribution in [0.1, 0.15) is 232 Å². The van der Waals surface area contributed by atoms with E-state index in [4.69, 9.17) is 9.05 Å². The second-order valence-corrected chi connectivity index (χ2v) is 20.0. The molecule has 3 unspecified atom stereocenters. The van der Waals surface area contributed by atoms with E-state index in [1.165, 1.54) is 167 Å². The van der Waals surface area contributed by atoms with E-state index in [0.29, 0.717) is 17.4 Å². The average molecular weight is 868 g/mol. The molecule has 0 aliphatic rings. The zero-order valence-corrected chi connectivity index (χ0v) is 41.1. The van der Waals surface area contributed by atoms with Crippen LogP contribution in [0.5, 0.6) is 0 Å². The van der Waals surface area contributed by atoms with Crippen LogP contribution in [0.4, 0.5) is 0 Å². The lowest BCUT2D eigenvalue weighted by molar-refractivity contribution is -0.870. The van der Waals surface area contributed by atoms with Crippen molar-refractivity contribution in [3.63, 3.8) is 0 Å². The van der Waals surface area contributed by atoms with E-state index in [-0.39, 0.29) is 19.1 Å². The molecule has 0 saturated carbocycles. The smallest absolute Gasteiger partial charge is 0.387 e. The number of hydrogen-bond donors (Lipinski definition) is 3. The van der Waals surface area contributed by atoms with E-state index in [9.17, 15) is 19.4 Å². The van der Waals surface area contributed by atoms with E-state index >= 15 is 0 Å². The second-order valence-electron chi connectivity index (χ2n) is 18.5. The highest BCUT2D eigenvalue weighted by atomic mass is 31.2. The summed E-state index contributed by atoms with van der Waals surface area (Å²) in [5, 5.41) is 13.9. The van der Waals surface area contributed by atoms with Gasteiger partial charge in [0.25, 0.3) is 0 Å². The molecule has 60 heavy (non-hydrogen) atoms. The van der Waals surface area contributed by atoms with Crippen molar-refractivity contribution in [2.75, 3.05) is 40.9 Å². The predicted octanol–water partition coefficient (Wildman–Crippen LogP) is 14.6. The van der Waals surface area contributed by atoms with Crippen molar-refractivity contribution < 1.29 is 32.9 Å². The summed E-state index contributed by atoms with van der Waals surface area (Å²) >= 11 is 0. The maximum absolute atomic E-state index is 12.9. The fourth-order valence-electron chi connectivity index (χ4n) is 7.31. The maximum atomic E-state index is 12.9. The number of hydrogen-bond acceptors (Lipinski definition) is 5. The largest absolute Gasteiger partial charge is 0.472 e. The van der Waals surface area contributed by atoms with E-state index in [1.807, 2.05) is 27.2 Å². The number of carbonyl (C=O) groups excluding carboxylic acids is 1. The minimum atomic E-state index is -4.34. The molecular formula is C51H100N2O6P+. The van der Waals surface area contributed by atoms with Crippen molar-refractivity contribution in [2.45, 2.75) is 244 Å². The standard InChI is InChI=1S/C51H99N2O6P/c1-6-8-10-12-14-16-18-20-22-24-25-26-27-29-31-33-35-37-39-41-43-45-51(55)52-49(48-59-60(56,57)58-47-46-53(3,4)5)50(54)44-42-40-38-36-34-32-30-28-23-21-19-17-15-13-11-9-7-2/h18,20,24-25,42,44,49-50,54H,6-17,19,21-23,26-41,43,45-48H2,1-5H3,(H-,52,55,56,57)/p+1/b20-18-,25-24-,44-42+. The van der Waals surface area contributed by atoms with E-state index < -0.39 is 20.0 Å². The highest BCUT2D eigenvalue weighted by Crippen LogP contribution is 2.43. The van der Waals surface area contributed by atoms with Crippen LogP contribution in [-0.2, 0) is 18.4 Å². The lowest BCUT2D eigenvalue weighted by Crippen LogP contribution is -2.45. The van der Waals surface area contributed by atoms with Crippen molar-refractivity contribution in [1.29, 1.82) is 0 Å². The summed E-state index contributed by atoms with van der Waals surface area (Å²) in [4.78, 5) is 23.2. The Bertz CT molecular complexity index is 1070. The number of amides is 1. The summed E-state index contributed by atoms with van der Waals surface area (Å²) in [5.74, 6) is -0.181. The number of nitrogens with one attached hydrogen (secondary N) is 1. The van der Waals surface area contributed by atoms with Gasteiger partial charge in [-0.05, 0) is 51.4 Å². The van der Waals surface area contributed by atoms with Crippen molar-refractivity contribution in [3.05, 3.63) is 36.5 Å². The number of rotatable bonds is 46. The number of allylic oxidation sites excluding steroid dienone is 5. The van der Waals surface area contributed by atoms with Gasteiger partial charge in [0.1, 0.15) is 13.2 Å².